The van der Waals surface area contributed by atoms with Gasteiger partial charge in [0.05, 0.1) is 8.47 Å². The van der Waals surface area contributed by atoms with Crippen LogP contribution in [0.2, 0.25) is 0 Å². The second-order valence-corrected chi connectivity index (χ2v) is 8.96. The summed E-state index contributed by atoms with van der Waals surface area (Å²) < 4.78 is 2.76. The Balaban J connectivity index is 1.68. The minimum absolute atomic E-state index is 0.957. The second kappa shape index (κ2) is 5.16. The molecule has 2 aromatic carbocycles. The van der Waals surface area contributed by atoms with Crippen LogP contribution in [0.25, 0.3) is 0 Å². The lowest BCUT2D eigenvalue weighted by Gasteiger charge is -1.98. The van der Waals surface area contributed by atoms with Gasteiger partial charge in [-0.15, -0.1) is 6.42 Å². The third kappa shape index (κ3) is 2.19. The Morgan fingerprint density at radius 2 is 1.25 bits per heavy atom. The molecule has 0 nitrogen and oxygen atoms in total. The van der Waals surface area contributed by atoms with Crippen molar-refractivity contribution < 1.29 is 0 Å². The number of terminal acetylenes is 1. The van der Waals surface area contributed by atoms with Crippen LogP contribution in [0.15, 0.2) is 70.5 Å². The van der Waals surface area contributed by atoms with E-state index in [0.29, 0.717) is 0 Å². The van der Waals surface area contributed by atoms with Crippen LogP contribution in [0, 0.1) is 12.3 Å². The predicted molar refractivity (Wildman–Crippen MR) is 91.3 cm³/mol. The van der Waals surface area contributed by atoms with Crippen molar-refractivity contribution in [1.82, 2.24) is 0 Å². The van der Waals surface area contributed by atoms with E-state index in [9.17, 15) is 0 Å². The molecule has 0 amide bonds. The highest BCUT2D eigenvalue weighted by Crippen LogP contribution is 2.61. The number of rotatable bonds is 0. The van der Waals surface area contributed by atoms with E-state index in [1.165, 1.54) is 28.1 Å². The molecule has 20 heavy (non-hydrogen) atoms. The van der Waals surface area contributed by atoms with E-state index >= 15 is 0 Å². The average molecular weight is 329 g/mol. The lowest BCUT2D eigenvalue weighted by Crippen LogP contribution is -1.74. The SMILES string of the molecule is C#Cc1ccc2c(c1)SC(=C1Sc3ccccc3S1)S2. The maximum Gasteiger partial charge on any atom is 0.0706 e. The topological polar surface area (TPSA) is 0 Å². The fourth-order valence-corrected chi connectivity index (χ4v) is 7.31. The zero-order valence-corrected chi connectivity index (χ0v) is 13.5. The molecule has 0 radical (unpaired) electrons. The molecule has 0 bridgehead atoms. The van der Waals surface area contributed by atoms with Crippen molar-refractivity contribution in [2.24, 2.45) is 0 Å². The number of thioether (sulfide) groups is 4. The Hall–Kier alpha value is -0.860. The summed E-state index contributed by atoms with van der Waals surface area (Å²) in [5.41, 5.74) is 0.957. The van der Waals surface area contributed by atoms with E-state index in [1.807, 2.05) is 53.1 Å². The van der Waals surface area contributed by atoms with Gasteiger partial charge in [-0.3, -0.25) is 0 Å². The summed E-state index contributed by atoms with van der Waals surface area (Å²) in [6, 6.07) is 14.8. The van der Waals surface area contributed by atoms with Gasteiger partial charge >= 0.3 is 0 Å². The molecule has 0 atom stereocenters. The van der Waals surface area contributed by atoms with Crippen LogP contribution in [0.1, 0.15) is 5.56 Å². The van der Waals surface area contributed by atoms with E-state index in [-0.39, 0.29) is 0 Å². The molecule has 0 saturated carbocycles. The van der Waals surface area contributed by atoms with Crippen molar-refractivity contribution in [3.05, 3.63) is 56.5 Å². The Kier molecular flexibility index (Phi) is 3.31. The van der Waals surface area contributed by atoms with Gasteiger partial charge in [-0.25, -0.2) is 0 Å². The molecule has 2 aliphatic rings. The normalized spacial score (nSPS) is 15.9. The predicted octanol–water partition coefficient (Wildman–Crippen LogP) is 5.89. The van der Waals surface area contributed by atoms with Crippen LogP contribution in [-0.4, -0.2) is 0 Å². The third-order valence-corrected chi connectivity index (χ3v) is 8.56. The van der Waals surface area contributed by atoms with Crippen LogP contribution >= 0.6 is 47.0 Å². The summed E-state index contributed by atoms with van der Waals surface area (Å²) in [5.74, 6) is 2.71. The quantitative estimate of drug-likeness (QED) is 0.553. The van der Waals surface area contributed by atoms with Gasteiger partial charge in [-0.2, -0.15) is 0 Å². The van der Waals surface area contributed by atoms with E-state index in [1.54, 1.807) is 0 Å². The van der Waals surface area contributed by atoms with Gasteiger partial charge in [-0.05, 0) is 30.3 Å². The highest BCUT2D eigenvalue weighted by molar-refractivity contribution is 8.30. The molecule has 0 N–H and O–H groups in total. The first-order valence-electron chi connectivity index (χ1n) is 5.99. The number of fused-ring (bicyclic) bond motifs is 2. The molecular weight excluding hydrogens is 320 g/mol. The molecule has 0 spiro atoms. The largest absolute Gasteiger partial charge is 0.115 e. The van der Waals surface area contributed by atoms with E-state index in [0.717, 1.165) is 5.56 Å². The van der Waals surface area contributed by atoms with E-state index in [2.05, 4.69) is 42.3 Å². The minimum atomic E-state index is 0.957. The molecule has 0 unspecified atom stereocenters. The van der Waals surface area contributed by atoms with Crippen molar-refractivity contribution in [3.8, 4) is 12.3 Å². The Bertz CT molecular complexity index is 756. The van der Waals surface area contributed by atoms with Gasteiger partial charge in [0.15, 0.2) is 0 Å². The maximum absolute atomic E-state index is 5.47. The Morgan fingerprint density at radius 1 is 0.700 bits per heavy atom. The first kappa shape index (κ1) is 12.8. The first-order valence-corrected chi connectivity index (χ1v) is 9.25. The molecular formula is C16H8S4. The van der Waals surface area contributed by atoms with Crippen molar-refractivity contribution in [2.75, 3.05) is 0 Å². The molecule has 4 heteroatoms. The van der Waals surface area contributed by atoms with Gasteiger partial charge < -0.3 is 0 Å². The Labute approximate surface area is 135 Å². The zero-order chi connectivity index (χ0) is 13.5. The standard InChI is InChI=1S/C16H8S4/c1-2-10-7-8-13-14(9-10)20-16(19-13)15-17-11-5-3-4-6-12(11)18-15/h1,3-9H. The summed E-state index contributed by atoms with van der Waals surface area (Å²) in [5, 5.41) is 0. The average Bonchev–Trinajstić information content (AvgIpc) is 3.09. The number of hydrogen-bond acceptors (Lipinski definition) is 4. The molecule has 2 heterocycles. The van der Waals surface area contributed by atoms with E-state index < -0.39 is 0 Å². The molecule has 2 aromatic rings. The van der Waals surface area contributed by atoms with Crippen LogP contribution in [-0.2, 0) is 0 Å². The molecule has 0 saturated heterocycles. The number of hydrogen-bond donors (Lipinski definition) is 0. The van der Waals surface area contributed by atoms with Gasteiger partial charge in [0.25, 0.3) is 0 Å². The fraction of sp³-hybridized carbons (Fsp3) is 0. The molecule has 0 aromatic heterocycles. The zero-order valence-electron chi connectivity index (χ0n) is 10.3. The van der Waals surface area contributed by atoms with Crippen LogP contribution in [0.3, 0.4) is 0 Å². The summed E-state index contributed by atoms with van der Waals surface area (Å²) >= 11 is 7.44. The smallest absolute Gasteiger partial charge is 0.0706 e. The first-order chi connectivity index (χ1) is 9.83. The van der Waals surface area contributed by atoms with Crippen LogP contribution < -0.4 is 0 Å². The maximum atomic E-state index is 5.47. The van der Waals surface area contributed by atoms with Gasteiger partial charge in [0, 0.05) is 25.1 Å². The molecule has 96 valence electrons. The Morgan fingerprint density at radius 3 is 1.85 bits per heavy atom. The van der Waals surface area contributed by atoms with Gasteiger partial charge in [-0.1, -0.05) is 65.1 Å². The lowest BCUT2D eigenvalue weighted by molar-refractivity contribution is 1.26. The van der Waals surface area contributed by atoms with Gasteiger partial charge in [0.1, 0.15) is 0 Å². The fourth-order valence-electron chi connectivity index (χ4n) is 1.99. The highest BCUT2D eigenvalue weighted by Gasteiger charge is 2.26. The van der Waals surface area contributed by atoms with Crippen molar-refractivity contribution in [1.29, 1.82) is 0 Å². The lowest BCUT2D eigenvalue weighted by atomic mass is 10.2. The van der Waals surface area contributed by atoms with Crippen LogP contribution in [0.4, 0.5) is 0 Å². The molecule has 2 aliphatic heterocycles. The molecule has 4 rings (SSSR count). The summed E-state index contributed by atoms with van der Waals surface area (Å²) in [6.45, 7) is 0. The monoisotopic (exact) mass is 328 g/mol. The number of benzene rings is 2. The van der Waals surface area contributed by atoms with Crippen molar-refractivity contribution >= 4 is 47.0 Å². The third-order valence-electron chi connectivity index (χ3n) is 2.94. The van der Waals surface area contributed by atoms with Gasteiger partial charge in [0.2, 0.25) is 0 Å². The summed E-state index contributed by atoms with van der Waals surface area (Å²) in [4.78, 5) is 5.32. The summed E-state index contributed by atoms with van der Waals surface area (Å²) in [7, 11) is 0. The highest BCUT2D eigenvalue weighted by atomic mass is 32.2. The van der Waals surface area contributed by atoms with Crippen LogP contribution in [0.5, 0.6) is 0 Å². The molecule has 0 fully saturated rings. The van der Waals surface area contributed by atoms with Crippen molar-refractivity contribution in [3.63, 3.8) is 0 Å². The minimum Gasteiger partial charge on any atom is -0.115 e. The summed E-state index contributed by atoms with van der Waals surface area (Å²) in [6.07, 6.45) is 5.47. The molecule has 0 aliphatic carbocycles. The second-order valence-electron chi connectivity index (χ2n) is 4.24. The van der Waals surface area contributed by atoms with Crippen molar-refractivity contribution in [2.45, 2.75) is 19.6 Å². The van der Waals surface area contributed by atoms with E-state index in [4.69, 9.17) is 6.42 Å².